The summed E-state index contributed by atoms with van der Waals surface area (Å²) in [4.78, 5) is 0. The molecule has 1 unspecified atom stereocenters. The van der Waals surface area contributed by atoms with Crippen molar-refractivity contribution in [2.45, 2.75) is 26.3 Å². The summed E-state index contributed by atoms with van der Waals surface area (Å²) in [6, 6.07) is 10.1. The minimum Gasteiger partial charge on any atom is -0.396 e. The molecular formula is C16H23N3O. The van der Waals surface area contributed by atoms with E-state index in [1.165, 1.54) is 5.56 Å². The van der Waals surface area contributed by atoms with Gasteiger partial charge in [-0.15, -0.1) is 0 Å². The quantitative estimate of drug-likeness (QED) is 0.726. The Hall–Kier alpha value is -1.65. The molecule has 1 heterocycles. The summed E-state index contributed by atoms with van der Waals surface area (Å²) < 4.78 is 1.89. The lowest BCUT2D eigenvalue weighted by Gasteiger charge is -2.07. The van der Waals surface area contributed by atoms with E-state index in [-0.39, 0.29) is 6.61 Å². The zero-order valence-electron chi connectivity index (χ0n) is 12.0. The molecule has 0 aliphatic heterocycles. The smallest absolute Gasteiger partial charge is 0.0645 e. The van der Waals surface area contributed by atoms with Crippen LogP contribution in [0.15, 0.2) is 42.7 Å². The largest absolute Gasteiger partial charge is 0.396 e. The van der Waals surface area contributed by atoms with E-state index in [0.29, 0.717) is 5.92 Å². The van der Waals surface area contributed by atoms with Crippen molar-refractivity contribution in [3.63, 3.8) is 0 Å². The molecule has 0 spiro atoms. The molecule has 2 rings (SSSR count). The van der Waals surface area contributed by atoms with E-state index in [0.717, 1.165) is 31.6 Å². The zero-order valence-corrected chi connectivity index (χ0v) is 12.0. The molecule has 0 bridgehead atoms. The number of nitrogens with one attached hydrogen (secondary N) is 1. The van der Waals surface area contributed by atoms with Gasteiger partial charge in [0, 0.05) is 24.9 Å². The molecule has 0 fully saturated rings. The van der Waals surface area contributed by atoms with E-state index in [1.54, 1.807) is 0 Å². The summed E-state index contributed by atoms with van der Waals surface area (Å²) in [6.45, 7) is 4.16. The fourth-order valence-electron chi connectivity index (χ4n) is 2.07. The van der Waals surface area contributed by atoms with Gasteiger partial charge in [-0.1, -0.05) is 25.1 Å². The number of aromatic nitrogens is 2. The van der Waals surface area contributed by atoms with E-state index in [4.69, 9.17) is 5.11 Å². The van der Waals surface area contributed by atoms with Crippen LogP contribution in [0.3, 0.4) is 0 Å². The van der Waals surface area contributed by atoms with E-state index in [2.05, 4.69) is 23.5 Å². The van der Waals surface area contributed by atoms with Gasteiger partial charge in [0.2, 0.25) is 0 Å². The number of aliphatic hydroxyl groups is 1. The number of aliphatic hydroxyl groups excluding tert-OH is 1. The lowest BCUT2D eigenvalue weighted by Crippen LogP contribution is -2.15. The Balaban J connectivity index is 1.74. The first-order valence-corrected chi connectivity index (χ1v) is 7.20. The van der Waals surface area contributed by atoms with Gasteiger partial charge in [0.25, 0.3) is 0 Å². The predicted octanol–water partition coefficient (Wildman–Crippen LogP) is 2.37. The third kappa shape index (κ3) is 4.47. The van der Waals surface area contributed by atoms with Crippen LogP contribution in [0.4, 0.5) is 0 Å². The second-order valence-electron chi connectivity index (χ2n) is 5.24. The summed E-state index contributed by atoms with van der Waals surface area (Å²) in [5.74, 6) is 0.401. The van der Waals surface area contributed by atoms with E-state index in [9.17, 15) is 0 Å². The van der Waals surface area contributed by atoms with Crippen LogP contribution < -0.4 is 5.32 Å². The van der Waals surface area contributed by atoms with Crippen molar-refractivity contribution in [2.75, 3.05) is 13.2 Å². The minimum atomic E-state index is 0.282. The van der Waals surface area contributed by atoms with Crippen LogP contribution >= 0.6 is 0 Å². The first-order chi connectivity index (χ1) is 9.79. The van der Waals surface area contributed by atoms with Gasteiger partial charge in [-0.2, -0.15) is 5.10 Å². The highest BCUT2D eigenvalue weighted by Crippen LogP contribution is 2.07. The summed E-state index contributed by atoms with van der Waals surface area (Å²) in [5.41, 5.74) is 2.26. The fourth-order valence-corrected chi connectivity index (χ4v) is 2.07. The first kappa shape index (κ1) is 14.8. The molecule has 1 aromatic heterocycles. The zero-order chi connectivity index (χ0) is 14.2. The molecule has 20 heavy (non-hydrogen) atoms. The molecule has 4 nitrogen and oxygen atoms in total. The van der Waals surface area contributed by atoms with Crippen LogP contribution in [0.25, 0.3) is 5.69 Å². The Kier molecular flexibility index (Phi) is 5.77. The maximum Gasteiger partial charge on any atom is 0.0645 e. The number of rotatable bonds is 8. The number of para-hydroxylation sites is 1. The molecule has 0 amide bonds. The number of hydrogen-bond acceptors (Lipinski definition) is 3. The topological polar surface area (TPSA) is 50.1 Å². The third-order valence-electron chi connectivity index (χ3n) is 3.35. The van der Waals surface area contributed by atoms with Gasteiger partial charge in [0.15, 0.2) is 0 Å². The second-order valence-corrected chi connectivity index (χ2v) is 5.24. The molecular weight excluding hydrogens is 250 g/mol. The number of hydrogen-bond donors (Lipinski definition) is 2. The standard InChI is InChI=1S/C16H23N3O/c1-14(13-20)6-5-9-17-10-15-11-18-19(12-15)16-7-3-2-4-8-16/h2-4,7-8,11-12,14,17,20H,5-6,9-10,13H2,1H3. The lowest BCUT2D eigenvalue weighted by atomic mass is 10.1. The first-order valence-electron chi connectivity index (χ1n) is 7.20. The maximum atomic E-state index is 8.95. The molecule has 2 aromatic rings. The van der Waals surface area contributed by atoms with Crippen LogP contribution in [0.2, 0.25) is 0 Å². The van der Waals surface area contributed by atoms with E-state index in [1.807, 2.05) is 41.2 Å². The molecule has 1 atom stereocenters. The van der Waals surface area contributed by atoms with Gasteiger partial charge in [-0.25, -0.2) is 4.68 Å². The van der Waals surface area contributed by atoms with Crippen LogP contribution in [-0.4, -0.2) is 28.0 Å². The highest BCUT2D eigenvalue weighted by Gasteiger charge is 2.01. The highest BCUT2D eigenvalue weighted by atomic mass is 16.3. The van der Waals surface area contributed by atoms with Crippen LogP contribution in [0, 0.1) is 5.92 Å². The monoisotopic (exact) mass is 273 g/mol. The van der Waals surface area contributed by atoms with Crippen molar-refractivity contribution in [2.24, 2.45) is 5.92 Å². The van der Waals surface area contributed by atoms with Gasteiger partial charge in [-0.05, 0) is 37.4 Å². The summed E-state index contributed by atoms with van der Waals surface area (Å²) in [5, 5.41) is 16.7. The number of nitrogens with zero attached hydrogens (tertiary/aromatic N) is 2. The van der Waals surface area contributed by atoms with Gasteiger partial charge >= 0.3 is 0 Å². The van der Waals surface area contributed by atoms with Gasteiger partial charge in [0.05, 0.1) is 11.9 Å². The average molecular weight is 273 g/mol. The van der Waals surface area contributed by atoms with Crippen molar-refractivity contribution in [3.8, 4) is 5.69 Å². The van der Waals surface area contributed by atoms with Crippen LogP contribution in [-0.2, 0) is 6.54 Å². The minimum absolute atomic E-state index is 0.282. The van der Waals surface area contributed by atoms with Gasteiger partial charge in [-0.3, -0.25) is 0 Å². The molecule has 1 aromatic carbocycles. The molecule has 0 saturated carbocycles. The molecule has 0 radical (unpaired) electrons. The molecule has 108 valence electrons. The van der Waals surface area contributed by atoms with Gasteiger partial charge in [0.1, 0.15) is 0 Å². The summed E-state index contributed by atoms with van der Waals surface area (Å²) >= 11 is 0. The average Bonchev–Trinajstić information content (AvgIpc) is 2.96. The molecule has 0 aliphatic rings. The second kappa shape index (κ2) is 7.82. The Morgan fingerprint density at radius 1 is 1.30 bits per heavy atom. The molecule has 4 heteroatoms. The predicted molar refractivity (Wildman–Crippen MR) is 80.8 cm³/mol. The lowest BCUT2D eigenvalue weighted by molar-refractivity contribution is 0.228. The molecule has 2 N–H and O–H groups in total. The van der Waals surface area contributed by atoms with Crippen molar-refractivity contribution < 1.29 is 5.11 Å². The molecule has 0 aliphatic carbocycles. The van der Waals surface area contributed by atoms with Crippen molar-refractivity contribution in [1.29, 1.82) is 0 Å². The maximum absolute atomic E-state index is 8.95. The summed E-state index contributed by atoms with van der Waals surface area (Å²) in [7, 11) is 0. The van der Waals surface area contributed by atoms with Crippen molar-refractivity contribution >= 4 is 0 Å². The highest BCUT2D eigenvalue weighted by molar-refractivity contribution is 5.30. The Bertz CT molecular complexity index is 495. The Morgan fingerprint density at radius 2 is 2.10 bits per heavy atom. The SMILES string of the molecule is CC(CO)CCCNCc1cnn(-c2ccccc2)c1. The van der Waals surface area contributed by atoms with Gasteiger partial charge < -0.3 is 10.4 Å². The van der Waals surface area contributed by atoms with Crippen LogP contribution in [0.5, 0.6) is 0 Å². The fraction of sp³-hybridized carbons (Fsp3) is 0.438. The molecule has 0 saturated heterocycles. The normalized spacial score (nSPS) is 12.5. The number of benzene rings is 1. The van der Waals surface area contributed by atoms with E-state index < -0.39 is 0 Å². The summed E-state index contributed by atoms with van der Waals surface area (Å²) in [6.07, 6.45) is 6.11. The van der Waals surface area contributed by atoms with Crippen molar-refractivity contribution in [3.05, 3.63) is 48.3 Å². The van der Waals surface area contributed by atoms with E-state index >= 15 is 0 Å². The Morgan fingerprint density at radius 3 is 2.85 bits per heavy atom. The van der Waals surface area contributed by atoms with Crippen molar-refractivity contribution in [1.82, 2.24) is 15.1 Å². The third-order valence-corrected chi connectivity index (χ3v) is 3.35. The van der Waals surface area contributed by atoms with Crippen LogP contribution in [0.1, 0.15) is 25.3 Å². The Labute approximate surface area is 120 Å².